The van der Waals surface area contributed by atoms with Gasteiger partial charge < -0.3 is 5.11 Å². The summed E-state index contributed by atoms with van der Waals surface area (Å²) in [5.74, 6) is -0.784. The molecule has 1 aromatic rings. The highest BCUT2D eigenvalue weighted by molar-refractivity contribution is 6.23. The van der Waals surface area contributed by atoms with Gasteiger partial charge >= 0.3 is 0 Å². The summed E-state index contributed by atoms with van der Waals surface area (Å²) in [6.45, 7) is 2.29. The van der Waals surface area contributed by atoms with E-state index in [1.165, 1.54) is 6.92 Å². The zero-order valence-corrected chi connectivity index (χ0v) is 10.2. The zero-order chi connectivity index (χ0) is 13.1. The molecule has 94 valence electrons. The van der Waals surface area contributed by atoms with Crippen LogP contribution in [0.4, 0.5) is 0 Å². The predicted octanol–water partition coefficient (Wildman–Crippen LogP) is 1.47. The number of hydrogen-bond acceptors (Lipinski definition) is 4. The highest BCUT2D eigenvalue weighted by Crippen LogP contribution is 2.15. The molecule has 4 heteroatoms. The Morgan fingerprint density at radius 1 is 1.17 bits per heavy atom. The number of Topliss-reactive ketones (excluding diaryl/α,β-unsaturated/α-hetero) is 2. The lowest BCUT2D eigenvalue weighted by molar-refractivity contribution is -0.127. The van der Waals surface area contributed by atoms with Crippen LogP contribution >= 0.6 is 0 Å². The van der Waals surface area contributed by atoms with E-state index in [0.717, 1.165) is 5.56 Å². The Labute approximate surface area is 106 Å². The van der Waals surface area contributed by atoms with Crippen molar-refractivity contribution in [3.63, 3.8) is 0 Å². The average molecular weight is 245 g/mol. The standard InChI is InChI=1S/C14H15NO3/c1-10(16)14-12(17)8-15(9-13(14)18)7-11-5-3-2-4-6-11/h2-6,16H,7-9H2,1H3. The van der Waals surface area contributed by atoms with E-state index < -0.39 is 0 Å². The van der Waals surface area contributed by atoms with Crippen molar-refractivity contribution >= 4 is 11.6 Å². The molecule has 1 N–H and O–H groups in total. The van der Waals surface area contributed by atoms with E-state index in [1.54, 1.807) is 4.90 Å². The lowest BCUT2D eigenvalue weighted by Crippen LogP contribution is -2.42. The third kappa shape index (κ3) is 2.65. The molecule has 0 bridgehead atoms. The number of carbonyl (C=O) groups is 2. The third-order valence-electron chi connectivity index (χ3n) is 2.90. The highest BCUT2D eigenvalue weighted by atomic mass is 16.3. The van der Waals surface area contributed by atoms with E-state index in [4.69, 9.17) is 0 Å². The summed E-state index contributed by atoms with van der Waals surface area (Å²) in [4.78, 5) is 25.3. The maximum atomic E-state index is 11.8. The first-order valence-corrected chi connectivity index (χ1v) is 5.80. The van der Waals surface area contributed by atoms with Gasteiger partial charge in [-0.2, -0.15) is 0 Å². The molecule has 2 rings (SSSR count). The van der Waals surface area contributed by atoms with Crippen LogP contribution in [0.2, 0.25) is 0 Å². The molecule has 18 heavy (non-hydrogen) atoms. The van der Waals surface area contributed by atoms with E-state index in [1.807, 2.05) is 30.3 Å². The van der Waals surface area contributed by atoms with Gasteiger partial charge in [-0.15, -0.1) is 0 Å². The van der Waals surface area contributed by atoms with Crippen LogP contribution in [0.25, 0.3) is 0 Å². The van der Waals surface area contributed by atoms with Crippen LogP contribution in [0.5, 0.6) is 0 Å². The van der Waals surface area contributed by atoms with Crippen molar-refractivity contribution in [2.75, 3.05) is 13.1 Å². The van der Waals surface area contributed by atoms with Crippen LogP contribution in [0, 0.1) is 0 Å². The molecule has 0 aliphatic carbocycles. The Kier molecular flexibility index (Phi) is 3.58. The second-order valence-electron chi connectivity index (χ2n) is 4.44. The number of ketones is 2. The first kappa shape index (κ1) is 12.5. The molecule has 0 atom stereocenters. The Bertz CT molecular complexity index is 481. The number of piperidine rings is 1. The summed E-state index contributed by atoms with van der Waals surface area (Å²) in [6.07, 6.45) is 0. The minimum absolute atomic E-state index is 0.0423. The molecule has 0 radical (unpaired) electrons. The molecule has 1 aromatic carbocycles. The number of carbonyl (C=O) groups excluding carboxylic acids is 2. The quantitative estimate of drug-likeness (QED) is 0.487. The average Bonchev–Trinajstić information content (AvgIpc) is 2.28. The number of nitrogens with zero attached hydrogens (tertiary/aromatic N) is 1. The number of hydrogen-bond donors (Lipinski definition) is 1. The molecule has 1 aliphatic rings. The van der Waals surface area contributed by atoms with Gasteiger partial charge in [-0.3, -0.25) is 14.5 Å². The van der Waals surface area contributed by atoms with Crippen LogP contribution in [0.3, 0.4) is 0 Å². The van der Waals surface area contributed by atoms with Crippen molar-refractivity contribution in [3.05, 3.63) is 47.2 Å². The number of likely N-dealkylation sites (tertiary alicyclic amines) is 1. The number of benzene rings is 1. The molecular weight excluding hydrogens is 230 g/mol. The van der Waals surface area contributed by atoms with Crippen molar-refractivity contribution in [1.29, 1.82) is 0 Å². The lowest BCUT2D eigenvalue weighted by Gasteiger charge is -2.26. The SMILES string of the molecule is CC(O)=C1C(=O)CN(Cc2ccccc2)CC1=O. The van der Waals surface area contributed by atoms with Gasteiger partial charge in [0.25, 0.3) is 0 Å². The number of aliphatic hydroxyl groups excluding tert-OH is 1. The molecule has 1 aliphatic heterocycles. The van der Waals surface area contributed by atoms with Gasteiger partial charge in [0.1, 0.15) is 11.3 Å². The molecule has 1 fully saturated rings. The molecule has 0 aromatic heterocycles. The van der Waals surface area contributed by atoms with E-state index in [0.29, 0.717) is 6.54 Å². The second kappa shape index (κ2) is 5.14. The Hall–Kier alpha value is -1.94. The van der Waals surface area contributed by atoms with Gasteiger partial charge in [0.05, 0.1) is 13.1 Å². The molecule has 0 unspecified atom stereocenters. The monoisotopic (exact) mass is 245 g/mol. The van der Waals surface area contributed by atoms with Crippen LogP contribution in [-0.4, -0.2) is 34.7 Å². The van der Waals surface area contributed by atoms with E-state index in [9.17, 15) is 14.7 Å². The van der Waals surface area contributed by atoms with Gasteiger partial charge in [0.15, 0.2) is 11.6 Å². The topological polar surface area (TPSA) is 57.6 Å². The molecule has 4 nitrogen and oxygen atoms in total. The van der Waals surface area contributed by atoms with E-state index in [-0.39, 0.29) is 36.0 Å². The van der Waals surface area contributed by atoms with Crippen molar-refractivity contribution in [2.45, 2.75) is 13.5 Å². The first-order chi connectivity index (χ1) is 8.58. The van der Waals surface area contributed by atoms with Crippen LogP contribution in [0.15, 0.2) is 41.7 Å². The molecule has 1 saturated heterocycles. The number of aliphatic hydroxyl groups is 1. The van der Waals surface area contributed by atoms with Gasteiger partial charge in [-0.25, -0.2) is 0 Å². The lowest BCUT2D eigenvalue weighted by atomic mass is 9.99. The fraction of sp³-hybridized carbons (Fsp3) is 0.286. The summed E-state index contributed by atoms with van der Waals surface area (Å²) in [7, 11) is 0. The Morgan fingerprint density at radius 3 is 2.22 bits per heavy atom. The normalized spacial score (nSPS) is 17.1. The maximum Gasteiger partial charge on any atom is 0.183 e. The van der Waals surface area contributed by atoms with Gasteiger partial charge in [-0.05, 0) is 12.5 Å². The van der Waals surface area contributed by atoms with Crippen LogP contribution in [0.1, 0.15) is 12.5 Å². The fourth-order valence-corrected chi connectivity index (χ4v) is 2.13. The molecular formula is C14H15NO3. The third-order valence-corrected chi connectivity index (χ3v) is 2.90. The van der Waals surface area contributed by atoms with Crippen molar-refractivity contribution < 1.29 is 14.7 Å². The molecule has 1 heterocycles. The zero-order valence-electron chi connectivity index (χ0n) is 10.2. The summed E-state index contributed by atoms with van der Waals surface area (Å²) in [6, 6.07) is 9.68. The Balaban J connectivity index is 2.10. The minimum atomic E-state index is -0.304. The molecule has 0 spiro atoms. The largest absolute Gasteiger partial charge is 0.512 e. The molecule has 0 amide bonds. The smallest absolute Gasteiger partial charge is 0.183 e. The summed E-state index contributed by atoms with van der Waals surface area (Å²) >= 11 is 0. The van der Waals surface area contributed by atoms with Crippen molar-refractivity contribution in [1.82, 2.24) is 4.90 Å². The van der Waals surface area contributed by atoms with Gasteiger partial charge in [0.2, 0.25) is 0 Å². The second-order valence-corrected chi connectivity index (χ2v) is 4.44. The first-order valence-electron chi connectivity index (χ1n) is 5.80. The predicted molar refractivity (Wildman–Crippen MR) is 67.1 cm³/mol. The van der Waals surface area contributed by atoms with Crippen LogP contribution in [-0.2, 0) is 16.1 Å². The summed E-state index contributed by atoms with van der Waals surface area (Å²) in [5.41, 5.74) is 1.02. The Morgan fingerprint density at radius 2 is 1.72 bits per heavy atom. The number of allylic oxidation sites excluding steroid dienone is 1. The van der Waals surface area contributed by atoms with E-state index in [2.05, 4.69) is 0 Å². The van der Waals surface area contributed by atoms with Crippen LogP contribution < -0.4 is 0 Å². The fourth-order valence-electron chi connectivity index (χ4n) is 2.13. The van der Waals surface area contributed by atoms with Crippen molar-refractivity contribution in [3.8, 4) is 0 Å². The maximum absolute atomic E-state index is 11.8. The highest BCUT2D eigenvalue weighted by Gasteiger charge is 2.30. The number of rotatable bonds is 2. The van der Waals surface area contributed by atoms with Crippen molar-refractivity contribution in [2.24, 2.45) is 0 Å². The summed E-state index contributed by atoms with van der Waals surface area (Å²) in [5, 5.41) is 9.31. The van der Waals surface area contributed by atoms with E-state index >= 15 is 0 Å². The van der Waals surface area contributed by atoms with Gasteiger partial charge in [0, 0.05) is 6.54 Å². The minimum Gasteiger partial charge on any atom is -0.512 e. The summed E-state index contributed by atoms with van der Waals surface area (Å²) < 4.78 is 0. The molecule has 0 saturated carbocycles. The van der Waals surface area contributed by atoms with Gasteiger partial charge in [-0.1, -0.05) is 30.3 Å².